The zero-order valence-corrected chi connectivity index (χ0v) is 44.0. The Labute approximate surface area is 444 Å². The monoisotopic (exact) mass is 1080 g/mol. The first-order valence-corrected chi connectivity index (χ1v) is 25.7. The number of aliphatic hydroxyl groups is 10. The summed E-state index contributed by atoms with van der Waals surface area (Å²) in [5, 5.41) is 118. The third-order valence-corrected chi connectivity index (χ3v) is 13.1. The standard InChI is InChI=1S/C54H83N3O19/c1-7-24-72-53(70)57-47-49(67)36(6)74-51(50(47)68)75-40-21-19-17-15-13-11-9-8-10-12-14-16-18-20-32(2)48(66)34(4)35(5)73-45(65)27-38(60)25-37(59)22-23-41(62)42(63)26-39(61)29-54(71)30-43(64)46(44(28-40)76-54)56-52(69)55-31-33(3)58/h7-21,32,34-44,46-51,59-64,66-68,71H,1,22-31H2,2-6H3,(H,57,70)(H2,55,56,69)/b9-8+,12-10+,13-11+,16-14+,17-15+,20-18+,21-19+/t32-,34-,35-,36+,37+,38+,39-,40-,41+,42+,43-,44-,46+,47-,48+,49+,50-,51-,54+/m0/s1. The van der Waals surface area contributed by atoms with E-state index in [1.165, 1.54) is 26.0 Å². The fourth-order valence-corrected chi connectivity index (χ4v) is 8.69. The number of cyclic esters (lactones) is 1. The van der Waals surface area contributed by atoms with Crippen molar-refractivity contribution in [1.82, 2.24) is 16.0 Å². The number of hydrogen-bond acceptors (Lipinski definition) is 19. The Morgan fingerprint density at radius 3 is 1.91 bits per heavy atom. The third-order valence-electron chi connectivity index (χ3n) is 13.1. The molecule has 3 heterocycles. The lowest BCUT2D eigenvalue weighted by Crippen LogP contribution is -2.65. The van der Waals surface area contributed by atoms with E-state index >= 15 is 0 Å². The van der Waals surface area contributed by atoms with E-state index in [0.29, 0.717) is 0 Å². The molecule has 2 bridgehead atoms. The molecule has 0 aromatic heterocycles. The average molecular weight is 1080 g/mol. The van der Waals surface area contributed by atoms with E-state index in [-0.39, 0.29) is 50.5 Å². The van der Waals surface area contributed by atoms with Gasteiger partial charge in [-0.05, 0) is 40.0 Å². The molecule has 22 heteroatoms. The highest BCUT2D eigenvalue weighted by Gasteiger charge is 2.50. The Morgan fingerprint density at radius 2 is 1.30 bits per heavy atom. The number of carbonyl (C=O) groups is 4. The largest absolute Gasteiger partial charge is 0.462 e. The van der Waals surface area contributed by atoms with Crippen LogP contribution < -0.4 is 16.0 Å². The van der Waals surface area contributed by atoms with E-state index in [2.05, 4.69) is 22.5 Å². The number of hydrogen-bond donors (Lipinski definition) is 13. The van der Waals surface area contributed by atoms with Gasteiger partial charge in [-0.2, -0.15) is 0 Å². The number of ether oxygens (including phenoxy) is 5. The van der Waals surface area contributed by atoms with Gasteiger partial charge >= 0.3 is 18.1 Å². The topological polar surface area (TPSA) is 353 Å². The zero-order chi connectivity index (χ0) is 56.5. The van der Waals surface area contributed by atoms with Gasteiger partial charge in [0.25, 0.3) is 0 Å². The summed E-state index contributed by atoms with van der Waals surface area (Å²) >= 11 is 0. The molecule has 3 aliphatic heterocycles. The van der Waals surface area contributed by atoms with Crippen LogP contribution in [0, 0.1) is 11.8 Å². The molecule has 2 fully saturated rings. The van der Waals surface area contributed by atoms with Crippen molar-refractivity contribution in [2.75, 3.05) is 13.2 Å². The van der Waals surface area contributed by atoms with Crippen LogP contribution in [0.25, 0.3) is 0 Å². The molecule has 19 atom stereocenters. The number of fused-ring (bicyclic) bond motifs is 2. The predicted octanol–water partition coefficient (Wildman–Crippen LogP) is 1.22. The molecular formula is C54H83N3O19. The second-order valence-corrected chi connectivity index (χ2v) is 19.7. The molecular weight excluding hydrogens is 995 g/mol. The maximum Gasteiger partial charge on any atom is 0.407 e. The van der Waals surface area contributed by atoms with Crippen molar-refractivity contribution in [3.05, 3.63) is 97.7 Å². The number of alkyl carbamates (subject to hydrolysis) is 1. The van der Waals surface area contributed by atoms with Gasteiger partial charge in [-0.15, -0.1) is 0 Å². The number of urea groups is 1. The van der Waals surface area contributed by atoms with Crippen molar-refractivity contribution in [2.24, 2.45) is 11.8 Å². The highest BCUT2D eigenvalue weighted by atomic mass is 16.7. The SMILES string of the molecule is C=CCOC(=O)N[C@@H]1[C@H](O)[C@H](O[C@H]2/C=C/C=C/C=C/C=C/C=C/C=C/C=C/[C@H](C)[C@@H](O)[C@@H](C)[C@H](C)OC(=O)C[C@H](O)C[C@H](O)CC[C@@H](O)[C@H](O)C[C@H](O)C[C@]3(O)C[C@H](O)[C@@H](NC(=O)NCC(C)=O)[C@H](C2)O3)O[C@H](C)[C@H]1O. The van der Waals surface area contributed by atoms with Crippen molar-refractivity contribution in [3.8, 4) is 0 Å². The first kappa shape index (κ1) is 65.4. The first-order chi connectivity index (χ1) is 35.9. The van der Waals surface area contributed by atoms with Crippen molar-refractivity contribution in [2.45, 2.75) is 189 Å². The molecule has 428 valence electrons. The van der Waals surface area contributed by atoms with Crippen LogP contribution in [0.5, 0.6) is 0 Å². The highest BCUT2D eigenvalue weighted by Crippen LogP contribution is 2.35. The molecule has 0 saturated carbocycles. The Bertz CT molecular complexity index is 2030. The normalized spacial score (nSPS) is 40.3. The third kappa shape index (κ3) is 23.4. The van der Waals surface area contributed by atoms with Gasteiger partial charge in [0.2, 0.25) is 0 Å². The fraction of sp³-hybridized carbons (Fsp3) is 0.630. The van der Waals surface area contributed by atoms with Gasteiger partial charge in [0.1, 0.15) is 30.7 Å². The summed E-state index contributed by atoms with van der Waals surface area (Å²) in [6, 6.07) is -3.56. The maximum absolute atomic E-state index is 13.1. The van der Waals surface area contributed by atoms with E-state index in [9.17, 15) is 70.2 Å². The Hall–Kier alpha value is -4.92. The second-order valence-electron chi connectivity index (χ2n) is 19.7. The Morgan fingerprint density at radius 1 is 0.697 bits per heavy atom. The molecule has 0 radical (unpaired) electrons. The minimum absolute atomic E-state index is 0.130. The molecule has 3 rings (SSSR count). The van der Waals surface area contributed by atoms with E-state index in [1.54, 1.807) is 86.8 Å². The summed E-state index contributed by atoms with van der Waals surface area (Å²) in [6.07, 6.45) is 2.75. The maximum atomic E-state index is 13.1. The number of allylic oxidation sites excluding steroid dienone is 12. The van der Waals surface area contributed by atoms with Crippen molar-refractivity contribution in [1.29, 1.82) is 0 Å². The van der Waals surface area contributed by atoms with Gasteiger partial charge in [0.15, 0.2) is 12.1 Å². The number of rotatable bonds is 8. The van der Waals surface area contributed by atoms with E-state index in [4.69, 9.17) is 23.7 Å². The van der Waals surface area contributed by atoms with E-state index < -0.39 is 153 Å². The van der Waals surface area contributed by atoms with Crippen molar-refractivity contribution in [3.63, 3.8) is 0 Å². The lowest BCUT2D eigenvalue weighted by molar-refractivity contribution is -0.303. The molecule has 0 aliphatic carbocycles. The van der Waals surface area contributed by atoms with Gasteiger partial charge in [0.05, 0.1) is 86.1 Å². The molecule has 0 spiro atoms. The summed E-state index contributed by atoms with van der Waals surface area (Å²) in [5.74, 6) is -4.25. The van der Waals surface area contributed by atoms with Crippen LogP contribution in [0.3, 0.4) is 0 Å². The van der Waals surface area contributed by atoms with E-state index in [1.807, 2.05) is 13.0 Å². The molecule has 0 unspecified atom stereocenters. The Kier molecular flexibility index (Phi) is 28.7. The lowest BCUT2D eigenvalue weighted by Gasteiger charge is -2.46. The molecule has 76 heavy (non-hydrogen) atoms. The molecule has 0 aromatic carbocycles. The van der Waals surface area contributed by atoms with Crippen LogP contribution in [0.1, 0.15) is 86.0 Å². The molecule has 2 saturated heterocycles. The van der Waals surface area contributed by atoms with Gasteiger partial charge < -0.3 is 90.7 Å². The number of Topliss-reactive ketones (excluding diaryl/α,β-unsaturated/α-hetero) is 1. The smallest absolute Gasteiger partial charge is 0.407 e. The molecule has 3 amide bonds. The first-order valence-electron chi connectivity index (χ1n) is 25.7. The molecule has 0 aromatic rings. The minimum atomic E-state index is -2.35. The fourth-order valence-electron chi connectivity index (χ4n) is 8.69. The van der Waals surface area contributed by atoms with Crippen molar-refractivity contribution >= 4 is 23.9 Å². The summed E-state index contributed by atoms with van der Waals surface area (Å²) in [6.45, 7) is 10.9. The van der Waals surface area contributed by atoms with Crippen LogP contribution in [0.4, 0.5) is 9.59 Å². The highest BCUT2D eigenvalue weighted by molar-refractivity contribution is 5.83. The number of nitrogens with one attached hydrogen (secondary N) is 3. The van der Waals surface area contributed by atoms with Gasteiger partial charge in [-0.25, -0.2) is 9.59 Å². The quantitative estimate of drug-likeness (QED) is 0.120. The van der Waals surface area contributed by atoms with Gasteiger partial charge in [-0.1, -0.05) is 112 Å². The lowest BCUT2D eigenvalue weighted by atomic mass is 9.87. The average Bonchev–Trinajstić information content (AvgIpc) is 3.34. The summed E-state index contributed by atoms with van der Waals surface area (Å²) in [7, 11) is 0. The van der Waals surface area contributed by atoms with Crippen LogP contribution in [-0.4, -0.2) is 192 Å². The Balaban J connectivity index is 1.98. The number of aliphatic hydroxyl groups excluding tert-OH is 9. The zero-order valence-electron chi connectivity index (χ0n) is 44.0. The number of esters is 1. The minimum Gasteiger partial charge on any atom is -0.462 e. The summed E-state index contributed by atoms with van der Waals surface area (Å²) in [5.41, 5.74) is 0. The van der Waals surface area contributed by atoms with Crippen molar-refractivity contribution < 1.29 is 93.9 Å². The van der Waals surface area contributed by atoms with Crippen LogP contribution in [0.15, 0.2) is 97.7 Å². The van der Waals surface area contributed by atoms with Crippen LogP contribution in [-0.2, 0) is 33.3 Å². The van der Waals surface area contributed by atoms with Gasteiger partial charge in [0, 0.05) is 37.5 Å². The predicted molar refractivity (Wildman–Crippen MR) is 277 cm³/mol. The van der Waals surface area contributed by atoms with Crippen LogP contribution in [0.2, 0.25) is 0 Å². The molecule has 22 nitrogen and oxygen atoms in total. The number of ketones is 1. The number of carbonyl (C=O) groups excluding carboxylic acids is 4. The molecule has 13 N–H and O–H groups in total. The number of amides is 3. The summed E-state index contributed by atoms with van der Waals surface area (Å²) < 4.78 is 28.8. The van der Waals surface area contributed by atoms with Crippen LogP contribution >= 0.6 is 0 Å². The summed E-state index contributed by atoms with van der Waals surface area (Å²) in [4.78, 5) is 50.0. The van der Waals surface area contributed by atoms with E-state index in [0.717, 1.165) is 0 Å². The molecule has 3 aliphatic rings. The van der Waals surface area contributed by atoms with Gasteiger partial charge in [-0.3, -0.25) is 9.59 Å². The second kappa shape index (κ2) is 33.4.